The van der Waals surface area contributed by atoms with Crippen LogP contribution in [0.4, 0.5) is 0 Å². The third kappa shape index (κ3) is 3.34. The SMILES string of the molecule is C[C@@H]1C=C(NNS(=O)(=O)c2ccccc2)CCC1. The maximum absolute atomic E-state index is 12.0. The quantitative estimate of drug-likeness (QED) is 0.821. The number of rotatable bonds is 4. The van der Waals surface area contributed by atoms with Gasteiger partial charge in [0, 0.05) is 5.70 Å². The van der Waals surface area contributed by atoms with Crippen molar-refractivity contribution in [3.8, 4) is 0 Å². The molecule has 0 aliphatic heterocycles. The summed E-state index contributed by atoms with van der Waals surface area (Å²) in [6.07, 6.45) is 5.22. The van der Waals surface area contributed by atoms with Crippen molar-refractivity contribution in [2.45, 2.75) is 31.1 Å². The summed E-state index contributed by atoms with van der Waals surface area (Å²) in [5.41, 5.74) is 3.77. The number of hydrazine groups is 1. The Morgan fingerprint density at radius 2 is 1.94 bits per heavy atom. The predicted molar refractivity (Wildman–Crippen MR) is 71.0 cm³/mol. The van der Waals surface area contributed by atoms with Crippen LogP contribution in [0.3, 0.4) is 0 Å². The van der Waals surface area contributed by atoms with Crippen LogP contribution in [0.2, 0.25) is 0 Å². The zero-order valence-corrected chi connectivity index (χ0v) is 11.2. The summed E-state index contributed by atoms with van der Waals surface area (Å²) in [6.45, 7) is 2.13. The largest absolute Gasteiger partial charge is 0.312 e. The van der Waals surface area contributed by atoms with Gasteiger partial charge in [-0.05, 0) is 37.3 Å². The number of hydrogen-bond acceptors (Lipinski definition) is 3. The van der Waals surface area contributed by atoms with Crippen LogP contribution in [0.1, 0.15) is 26.2 Å². The minimum absolute atomic E-state index is 0.266. The molecule has 1 atom stereocenters. The highest BCUT2D eigenvalue weighted by atomic mass is 32.2. The summed E-state index contributed by atoms with van der Waals surface area (Å²) in [6, 6.07) is 8.34. The van der Waals surface area contributed by atoms with E-state index in [-0.39, 0.29) is 4.90 Å². The molecule has 1 aromatic carbocycles. The first-order chi connectivity index (χ1) is 8.58. The van der Waals surface area contributed by atoms with E-state index in [9.17, 15) is 8.42 Å². The van der Waals surface area contributed by atoms with E-state index in [1.807, 2.05) is 0 Å². The average Bonchev–Trinajstić information content (AvgIpc) is 2.38. The van der Waals surface area contributed by atoms with Gasteiger partial charge in [-0.2, -0.15) is 0 Å². The van der Waals surface area contributed by atoms with E-state index in [0.717, 1.165) is 25.0 Å². The fourth-order valence-corrected chi connectivity index (χ4v) is 2.92. The lowest BCUT2D eigenvalue weighted by Crippen LogP contribution is -2.37. The summed E-state index contributed by atoms with van der Waals surface area (Å²) in [5, 5.41) is 0. The standard InChI is InChI=1S/C13H18N2O2S/c1-11-6-5-7-12(10-11)14-15-18(16,17)13-8-3-2-4-9-13/h2-4,8-11,14-15H,5-7H2,1H3/t11-/m0/s1. The maximum atomic E-state index is 12.0. The summed E-state index contributed by atoms with van der Waals surface area (Å²) in [7, 11) is -3.48. The van der Waals surface area contributed by atoms with Gasteiger partial charge in [0.25, 0.3) is 10.0 Å². The van der Waals surface area contributed by atoms with Crippen LogP contribution in [-0.4, -0.2) is 8.42 Å². The first-order valence-electron chi connectivity index (χ1n) is 6.11. The molecule has 0 saturated heterocycles. The van der Waals surface area contributed by atoms with Crippen LogP contribution in [-0.2, 0) is 10.0 Å². The molecule has 0 heterocycles. The van der Waals surface area contributed by atoms with E-state index in [1.54, 1.807) is 30.3 Å². The molecule has 4 nitrogen and oxygen atoms in total. The van der Waals surface area contributed by atoms with E-state index in [1.165, 1.54) is 0 Å². The smallest absolute Gasteiger partial charge is 0.257 e. The topological polar surface area (TPSA) is 58.2 Å². The molecular weight excluding hydrogens is 248 g/mol. The normalized spacial score (nSPS) is 20.3. The second-order valence-corrected chi connectivity index (χ2v) is 6.29. The number of sulfonamides is 1. The zero-order valence-electron chi connectivity index (χ0n) is 10.4. The van der Waals surface area contributed by atoms with Gasteiger partial charge in [0.15, 0.2) is 0 Å². The van der Waals surface area contributed by atoms with Gasteiger partial charge in [-0.15, -0.1) is 4.83 Å². The fraction of sp³-hybridized carbons (Fsp3) is 0.385. The molecule has 0 radical (unpaired) electrons. The number of nitrogens with one attached hydrogen (secondary N) is 2. The Labute approximate surface area is 108 Å². The Morgan fingerprint density at radius 3 is 2.61 bits per heavy atom. The molecule has 2 rings (SSSR count). The maximum Gasteiger partial charge on any atom is 0.257 e. The van der Waals surface area contributed by atoms with Gasteiger partial charge in [0.2, 0.25) is 0 Å². The third-order valence-corrected chi connectivity index (χ3v) is 4.25. The van der Waals surface area contributed by atoms with E-state index in [0.29, 0.717) is 5.92 Å². The van der Waals surface area contributed by atoms with Crippen molar-refractivity contribution >= 4 is 10.0 Å². The van der Waals surface area contributed by atoms with Crippen LogP contribution in [0.15, 0.2) is 47.0 Å². The van der Waals surface area contributed by atoms with Gasteiger partial charge >= 0.3 is 0 Å². The first kappa shape index (κ1) is 13.1. The van der Waals surface area contributed by atoms with Crippen LogP contribution < -0.4 is 10.3 Å². The van der Waals surface area contributed by atoms with Gasteiger partial charge in [-0.25, -0.2) is 8.42 Å². The molecule has 5 heteroatoms. The summed E-state index contributed by atoms with van der Waals surface area (Å²) in [4.78, 5) is 2.69. The van der Waals surface area contributed by atoms with Crippen LogP contribution in [0.5, 0.6) is 0 Å². The monoisotopic (exact) mass is 266 g/mol. The molecule has 1 aliphatic carbocycles. The highest BCUT2D eigenvalue weighted by molar-refractivity contribution is 7.89. The Morgan fingerprint density at radius 1 is 1.22 bits per heavy atom. The lowest BCUT2D eigenvalue weighted by Gasteiger charge is -2.19. The molecule has 18 heavy (non-hydrogen) atoms. The zero-order chi connectivity index (χ0) is 13.0. The molecule has 2 N–H and O–H groups in total. The molecule has 98 valence electrons. The molecule has 0 unspecified atom stereocenters. The summed E-state index contributed by atoms with van der Waals surface area (Å²) >= 11 is 0. The van der Waals surface area contributed by atoms with Crippen molar-refractivity contribution in [3.05, 3.63) is 42.1 Å². The van der Waals surface area contributed by atoms with Crippen LogP contribution in [0, 0.1) is 5.92 Å². The lowest BCUT2D eigenvalue weighted by molar-refractivity contribution is 0.525. The Balaban J connectivity index is 2.02. The molecule has 0 amide bonds. The van der Waals surface area contributed by atoms with E-state index in [4.69, 9.17) is 0 Å². The van der Waals surface area contributed by atoms with E-state index < -0.39 is 10.0 Å². The predicted octanol–water partition coefficient (Wildman–Crippen LogP) is 2.17. The minimum atomic E-state index is -3.48. The third-order valence-electron chi connectivity index (χ3n) is 2.99. The van der Waals surface area contributed by atoms with Gasteiger partial charge < -0.3 is 5.43 Å². The van der Waals surface area contributed by atoms with Gasteiger partial charge in [-0.1, -0.05) is 31.2 Å². The Kier molecular flexibility index (Phi) is 4.04. The molecule has 0 saturated carbocycles. The van der Waals surface area contributed by atoms with Crippen molar-refractivity contribution < 1.29 is 8.42 Å². The molecule has 1 aliphatic rings. The number of allylic oxidation sites excluding steroid dienone is 2. The molecule has 0 aromatic heterocycles. The number of hydrogen-bond donors (Lipinski definition) is 2. The van der Waals surface area contributed by atoms with Crippen molar-refractivity contribution in [3.63, 3.8) is 0 Å². The first-order valence-corrected chi connectivity index (χ1v) is 7.60. The second kappa shape index (κ2) is 5.54. The lowest BCUT2D eigenvalue weighted by atomic mass is 9.96. The Bertz CT molecular complexity index is 523. The summed E-state index contributed by atoms with van der Waals surface area (Å²) < 4.78 is 23.9. The molecule has 0 fully saturated rings. The second-order valence-electron chi connectivity index (χ2n) is 4.60. The van der Waals surface area contributed by atoms with Crippen molar-refractivity contribution in [1.82, 2.24) is 10.3 Å². The van der Waals surface area contributed by atoms with Crippen molar-refractivity contribution in [1.29, 1.82) is 0 Å². The van der Waals surface area contributed by atoms with Gasteiger partial charge in [0.05, 0.1) is 4.90 Å². The van der Waals surface area contributed by atoms with Crippen molar-refractivity contribution in [2.75, 3.05) is 0 Å². The van der Waals surface area contributed by atoms with Crippen LogP contribution in [0.25, 0.3) is 0 Å². The summed E-state index contributed by atoms with van der Waals surface area (Å²) in [5.74, 6) is 0.502. The van der Waals surface area contributed by atoms with Crippen LogP contribution >= 0.6 is 0 Å². The minimum Gasteiger partial charge on any atom is -0.312 e. The highest BCUT2D eigenvalue weighted by Gasteiger charge is 2.15. The Hall–Kier alpha value is -1.33. The van der Waals surface area contributed by atoms with Gasteiger partial charge in [-0.3, -0.25) is 0 Å². The molecule has 0 spiro atoms. The molecular formula is C13H18N2O2S. The number of benzene rings is 1. The molecule has 0 bridgehead atoms. The van der Waals surface area contributed by atoms with Gasteiger partial charge in [0.1, 0.15) is 0 Å². The average molecular weight is 266 g/mol. The fourth-order valence-electron chi connectivity index (χ4n) is 2.02. The van der Waals surface area contributed by atoms with Crippen molar-refractivity contribution in [2.24, 2.45) is 5.92 Å². The molecule has 1 aromatic rings. The van der Waals surface area contributed by atoms with E-state index in [2.05, 4.69) is 23.3 Å². The highest BCUT2D eigenvalue weighted by Crippen LogP contribution is 2.20. The van der Waals surface area contributed by atoms with E-state index >= 15 is 0 Å².